The second-order valence-electron chi connectivity index (χ2n) is 8.95. The monoisotopic (exact) mass is 509 g/mol. The predicted molar refractivity (Wildman–Crippen MR) is 126 cm³/mol. The van der Waals surface area contributed by atoms with E-state index in [0.29, 0.717) is 30.4 Å². The van der Waals surface area contributed by atoms with Crippen LogP contribution in [-0.4, -0.2) is 35.4 Å². The number of benzene rings is 2. The van der Waals surface area contributed by atoms with E-state index in [-0.39, 0.29) is 4.90 Å². The van der Waals surface area contributed by atoms with Gasteiger partial charge in [0.25, 0.3) is 0 Å². The van der Waals surface area contributed by atoms with Crippen molar-refractivity contribution >= 4 is 32.8 Å². The lowest BCUT2D eigenvalue weighted by molar-refractivity contribution is -0.137. The van der Waals surface area contributed by atoms with E-state index < -0.39 is 21.8 Å². The Kier molecular flexibility index (Phi) is 6.41. The SMILES string of the molecule is O=S(=O)(c1ccc2c(c1)nc(SCc1ccc(C(F)(F)F)cc1)n2C1CCCC1)N1CCCC1. The highest BCUT2D eigenvalue weighted by Gasteiger charge is 2.31. The average molecular weight is 510 g/mol. The molecule has 3 aromatic rings. The fourth-order valence-corrected chi connectivity index (χ4v) is 7.42. The van der Waals surface area contributed by atoms with E-state index in [1.807, 2.05) is 6.07 Å². The molecule has 1 saturated heterocycles. The van der Waals surface area contributed by atoms with Crippen molar-refractivity contribution in [1.82, 2.24) is 13.9 Å². The number of aromatic nitrogens is 2. The molecular formula is C24H26F3N3O2S2. The molecule has 0 atom stereocenters. The highest BCUT2D eigenvalue weighted by Crippen LogP contribution is 2.38. The van der Waals surface area contributed by atoms with E-state index in [9.17, 15) is 21.6 Å². The molecule has 0 spiro atoms. The van der Waals surface area contributed by atoms with Crippen LogP contribution in [0.2, 0.25) is 0 Å². The highest BCUT2D eigenvalue weighted by molar-refractivity contribution is 7.98. The van der Waals surface area contributed by atoms with Gasteiger partial charge in [0.15, 0.2) is 5.16 Å². The maximum atomic E-state index is 13.0. The third kappa shape index (κ3) is 4.59. The summed E-state index contributed by atoms with van der Waals surface area (Å²) < 4.78 is 68.4. The number of halogens is 3. The molecule has 0 unspecified atom stereocenters. The standard InChI is InChI=1S/C24H26F3N3O2S2/c25-24(26,27)18-9-7-17(8-10-18)16-33-23-28-21-15-20(34(31,32)29-13-3-4-14-29)11-12-22(21)30(23)19-5-1-2-6-19/h7-12,15,19H,1-6,13-14,16H2. The van der Waals surface area contributed by atoms with Crippen molar-refractivity contribution in [2.45, 2.75) is 66.5 Å². The van der Waals surface area contributed by atoms with Gasteiger partial charge in [0.2, 0.25) is 10.0 Å². The minimum Gasteiger partial charge on any atom is -0.316 e. The molecule has 34 heavy (non-hydrogen) atoms. The van der Waals surface area contributed by atoms with Gasteiger partial charge in [-0.05, 0) is 61.6 Å². The number of hydrogen-bond acceptors (Lipinski definition) is 4. The third-order valence-corrected chi connectivity index (χ3v) is 9.59. The quantitative estimate of drug-likeness (QED) is 0.369. The third-order valence-electron chi connectivity index (χ3n) is 6.67. The second-order valence-corrected chi connectivity index (χ2v) is 11.8. The minimum atomic E-state index is -4.35. The zero-order valence-corrected chi connectivity index (χ0v) is 20.2. The Morgan fingerprint density at radius 1 is 0.971 bits per heavy atom. The number of rotatable bonds is 6. The van der Waals surface area contributed by atoms with Crippen LogP contribution in [0.15, 0.2) is 52.5 Å². The van der Waals surface area contributed by atoms with Crippen LogP contribution in [0, 0.1) is 0 Å². The molecule has 5 rings (SSSR count). The van der Waals surface area contributed by atoms with Crippen molar-refractivity contribution in [1.29, 1.82) is 0 Å². The molecule has 1 aliphatic heterocycles. The molecule has 2 aromatic carbocycles. The minimum absolute atomic E-state index is 0.261. The Morgan fingerprint density at radius 3 is 2.29 bits per heavy atom. The van der Waals surface area contributed by atoms with Crippen LogP contribution in [0.25, 0.3) is 11.0 Å². The second kappa shape index (κ2) is 9.20. The molecule has 1 aromatic heterocycles. The van der Waals surface area contributed by atoms with Gasteiger partial charge in [0, 0.05) is 24.9 Å². The number of thioether (sulfide) groups is 1. The van der Waals surface area contributed by atoms with Gasteiger partial charge in [-0.15, -0.1) is 0 Å². The summed E-state index contributed by atoms with van der Waals surface area (Å²) >= 11 is 1.48. The fourth-order valence-electron chi connectivity index (χ4n) is 4.85. The van der Waals surface area contributed by atoms with Gasteiger partial charge in [-0.2, -0.15) is 17.5 Å². The normalized spacial score (nSPS) is 18.3. The van der Waals surface area contributed by atoms with Gasteiger partial charge >= 0.3 is 6.18 Å². The first-order valence-corrected chi connectivity index (χ1v) is 14.0. The summed E-state index contributed by atoms with van der Waals surface area (Å²) in [6, 6.07) is 10.7. The average Bonchev–Trinajstić information content (AvgIpc) is 3.57. The molecule has 0 N–H and O–H groups in total. The largest absolute Gasteiger partial charge is 0.416 e. The summed E-state index contributed by atoms with van der Waals surface area (Å²) in [5.74, 6) is 0.479. The van der Waals surface area contributed by atoms with Crippen molar-refractivity contribution in [3.05, 3.63) is 53.6 Å². The van der Waals surface area contributed by atoms with Crippen molar-refractivity contribution in [2.75, 3.05) is 13.1 Å². The topological polar surface area (TPSA) is 55.2 Å². The number of imidazole rings is 1. The van der Waals surface area contributed by atoms with E-state index in [1.54, 1.807) is 12.1 Å². The summed E-state index contributed by atoms with van der Waals surface area (Å²) in [5.41, 5.74) is 1.66. The van der Waals surface area contributed by atoms with Crippen LogP contribution in [0.3, 0.4) is 0 Å². The fraction of sp³-hybridized carbons (Fsp3) is 0.458. The number of fused-ring (bicyclic) bond motifs is 1. The lowest BCUT2D eigenvalue weighted by Crippen LogP contribution is -2.27. The van der Waals surface area contributed by atoms with Crippen LogP contribution < -0.4 is 0 Å². The van der Waals surface area contributed by atoms with Crippen molar-refractivity contribution in [3.8, 4) is 0 Å². The van der Waals surface area contributed by atoms with Crippen molar-refractivity contribution in [2.24, 2.45) is 0 Å². The van der Waals surface area contributed by atoms with E-state index in [1.165, 1.54) is 28.2 Å². The van der Waals surface area contributed by atoms with Gasteiger partial charge in [-0.25, -0.2) is 13.4 Å². The molecule has 1 aliphatic carbocycles. The molecular weight excluding hydrogens is 483 g/mol. The molecule has 10 heteroatoms. The van der Waals surface area contributed by atoms with Gasteiger partial charge in [0.05, 0.1) is 21.5 Å². The van der Waals surface area contributed by atoms with Crippen LogP contribution in [-0.2, 0) is 22.0 Å². The van der Waals surface area contributed by atoms with Crippen molar-refractivity contribution in [3.63, 3.8) is 0 Å². The predicted octanol–water partition coefficient (Wildman–Crippen LogP) is 6.25. The van der Waals surface area contributed by atoms with Crippen LogP contribution in [0.1, 0.15) is 55.7 Å². The molecule has 0 amide bonds. The van der Waals surface area contributed by atoms with Gasteiger partial charge in [-0.1, -0.05) is 36.7 Å². The molecule has 182 valence electrons. The Balaban J connectivity index is 1.45. The molecule has 2 heterocycles. The molecule has 0 radical (unpaired) electrons. The maximum absolute atomic E-state index is 13.0. The maximum Gasteiger partial charge on any atom is 0.416 e. The summed E-state index contributed by atoms with van der Waals surface area (Å²) in [7, 11) is -3.54. The molecule has 2 fully saturated rings. The molecule has 5 nitrogen and oxygen atoms in total. The molecule has 2 aliphatic rings. The number of hydrogen-bond donors (Lipinski definition) is 0. The summed E-state index contributed by atoms with van der Waals surface area (Å²) in [4.78, 5) is 5.05. The number of sulfonamides is 1. The van der Waals surface area contributed by atoms with E-state index >= 15 is 0 Å². The molecule has 1 saturated carbocycles. The first kappa shape index (κ1) is 23.7. The Hall–Kier alpha value is -2.04. The zero-order chi connectivity index (χ0) is 23.9. The number of nitrogens with zero attached hydrogens (tertiary/aromatic N) is 3. The first-order chi connectivity index (χ1) is 16.2. The van der Waals surface area contributed by atoms with Crippen LogP contribution in [0.4, 0.5) is 13.2 Å². The Labute approximate surface area is 201 Å². The summed E-state index contributed by atoms with van der Waals surface area (Å²) in [6.45, 7) is 1.09. The van der Waals surface area contributed by atoms with Crippen LogP contribution >= 0.6 is 11.8 Å². The smallest absolute Gasteiger partial charge is 0.316 e. The van der Waals surface area contributed by atoms with Crippen molar-refractivity contribution < 1.29 is 21.6 Å². The van der Waals surface area contributed by atoms with Crippen LogP contribution in [0.5, 0.6) is 0 Å². The summed E-state index contributed by atoms with van der Waals surface area (Å²) in [6.07, 6.45) is 1.74. The van der Waals surface area contributed by atoms with E-state index in [0.717, 1.165) is 66.9 Å². The highest BCUT2D eigenvalue weighted by atomic mass is 32.2. The van der Waals surface area contributed by atoms with Gasteiger partial charge in [-0.3, -0.25) is 0 Å². The molecule has 0 bridgehead atoms. The summed E-state index contributed by atoms with van der Waals surface area (Å²) in [5, 5.41) is 0.775. The zero-order valence-electron chi connectivity index (χ0n) is 18.6. The van der Waals surface area contributed by atoms with E-state index in [2.05, 4.69) is 4.57 Å². The van der Waals surface area contributed by atoms with E-state index in [4.69, 9.17) is 4.98 Å². The lowest BCUT2D eigenvalue weighted by atomic mass is 10.1. The Bertz CT molecular complexity index is 1280. The Morgan fingerprint density at radius 2 is 1.65 bits per heavy atom. The number of alkyl halides is 3. The lowest BCUT2D eigenvalue weighted by Gasteiger charge is -2.17. The van der Waals surface area contributed by atoms with Gasteiger partial charge < -0.3 is 4.57 Å². The first-order valence-electron chi connectivity index (χ1n) is 11.5. The van der Waals surface area contributed by atoms with Gasteiger partial charge in [0.1, 0.15) is 0 Å².